The Kier molecular flexibility index (Phi) is 6.05. The third-order valence-electron chi connectivity index (χ3n) is 5.93. The Bertz CT molecular complexity index is 1280. The van der Waals surface area contributed by atoms with Crippen molar-refractivity contribution in [1.82, 2.24) is 28.9 Å². The number of fused-ring (bicyclic) bond motifs is 1. The van der Waals surface area contributed by atoms with E-state index in [-0.39, 0.29) is 11.2 Å². The van der Waals surface area contributed by atoms with Gasteiger partial charge in [-0.25, -0.2) is 4.79 Å². The van der Waals surface area contributed by atoms with Gasteiger partial charge in [-0.1, -0.05) is 29.8 Å². The van der Waals surface area contributed by atoms with Crippen molar-refractivity contribution in [2.75, 3.05) is 37.6 Å². The predicted octanol–water partition coefficient (Wildman–Crippen LogP) is 0.807. The van der Waals surface area contributed by atoms with Crippen LogP contribution in [-0.4, -0.2) is 61.4 Å². The molecule has 0 amide bonds. The third kappa shape index (κ3) is 3.90. The second-order valence-electron chi connectivity index (χ2n) is 8.17. The molecule has 1 saturated heterocycles. The average molecular weight is 456 g/mol. The van der Waals surface area contributed by atoms with Crippen molar-refractivity contribution in [3.05, 3.63) is 56.2 Å². The van der Waals surface area contributed by atoms with E-state index in [4.69, 9.17) is 17.2 Å². The topological polar surface area (TPSA) is 80.3 Å². The molecule has 1 fully saturated rings. The number of rotatable bonds is 4. The molecule has 3 aromatic rings. The van der Waals surface area contributed by atoms with Crippen LogP contribution in [0.2, 0.25) is 0 Å². The summed E-state index contributed by atoms with van der Waals surface area (Å²) in [5, 5.41) is 3.96. The minimum atomic E-state index is -0.380. The Morgan fingerprint density at radius 2 is 1.84 bits per heavy atom. The maximum Gasteiger partial charge on any atom is 0.332 e. The molecule has 2 aromatic heterocycles. The molecular formula is C22H29N7O2S. The Balaban J connectivity index is 1.79. The predicted molar refractivity (Wildman–Crippen MR) is 131 cm³/mol. The average Bonchev–Trinajstić information content (AvgIpc) is 3.16. The summed E-state index contributed by atoms with van der Waals surface area (Å²) in [4.78, 5) is 34.8. The van der Waals surface area contributed by atoms with Crippen LogP contribution in [0.4, 0.5) is 5.95 Å². The van der Waals surface area contributed by atoms with Gasteiger partial charge >= 0.3 is 5.69 Å². The number of aryl methyl sites for hydroxylation is 2. The van der Waals surface area contributed by atoms with Crippen molar-refractivity contribution in [3.63, 3.8) is 0 Å². The molecule has 4 rings (SSSR count). The lowest BCUT2D eigenvalue weighted by Crippen LogP contribution is -2.52. The van der Waals surface area contributed by atoms with Gasteiger partial charge in [0, 0.05) is 46.8 Å². The first-order chi connectivity index (χ1) is 15.3. The van der Waals surface area contributed by atoms with Crippen LogP contribution in [0.5, 0.6) is 0 Å². The molecular weight excluding hydrogens is 426 g/mol. The van der Waals surface area contributed by atoms with E-state index in [1.807, 2.05) is 36.6 Å². The molecule has 170 valence electrons. The Labute approximate surface area is 191 Å². The number of anilines is 1. The van der Waals surface area contributed by atoms with Crippen LogP contribution in [0.1, 0.15) is 18.1 Å². The number of hydrogen-bond acceptors (Lipinski definition) is 5. The number of hydrogen-bond donors (Lipinski definition) is 1. The van der Waals surface area contributed by atoms with Crippen molar-refractivity contribution < 1.29 is 0 Å². The molecule has 0 bridgehead atoms. The highest BCUT2D eigenvalue weighted by molar-refractivity contribution is 7.80. The van der Waals surface area contributed by atoms with Crippen molar-refractivity contribution in [3.8, 4) is 0 Å². The summed E-state index contributed by atoms with van der Waals surface area (Å²) in [5.74, 6) is 0.703. The number of imidazole rings is 1. The number of nitrogens with one attached hydrogen (secondary N) is 1. The minimum absolute atomic E-state index is 0.332. The Hall–Kier alpha value is -3.14. The third-order valence-corrected chi connectivity index (χ3v) is 6.33. The molecule has 0 spiro atoms. The Morgan fingerprint density at radius 1 is 1.12 bits per heavy atom. The summed E-state index contributed by atoms with van der Waals surface area (Å²) in [6.45, 7) is 8.33. The van der Waals surface area contributed by atoms with Gasteiger partial charge in [0.05, 0.1) is 6.54 Å². The van der Waals surface area contributed by atoms with E-state index < -0.39 is 0 Å². The van der Waals surface area contributed by atoms with E-state index in [1.54, 1.807) is 7.05 Å². The number of aromatic nitrogens is 4. The molecule has 0 unspecified atom stereocenters. The molecule has 1 aliphatic rings. The summed E-state index contributed by atoms with van der Waals surface area (Å²) in [6, 6.07) is 8.21. The summed E-state index contributed by atoms with van der Waals surface area (Å²) >= 11 is 5.46. The second-order valence-corrected chi connectivity index (χ2v) is 8.56. The normalized spacial score (nSPS) is 14.2. The molecule has 0 saturated carbocycles. The van der Waals surface area contributed by atoms with Gasteiger partial charge in [-0.3, -0.25) is 18.5 Å². The summed E-state index contributed by atoms with van der Waals surface area (Å²) in [7, 11) is 3.17. The Morgan fingerprint density at radius 3 is 2.50 bits per heavy atom. The number of thiocarbonyl (C=S) groups is 1. The highest BCUT2D eigenvalue weighted by Gasteiger charge is 2.26. The second kappa shape index (κ2) is 8.78. The van der Waals surface area contributed by atoms with E-state index in [9.17, 15) is 9.59 Å². The first-order valence-corrected chi connectivity index (χ1v) is 11.2. The highest BCUT2D eigenvalue weighted by Crippen LogP contribution is 2.23. The molecule has 0 radical (unpaired) electrons. The van der Waals surface area contributed by atoms with Crippen LogP contribution in [0, 0.1) is 6.92 Å². The molecule has 1 N–H and O–H groups in total. The van der Waals surface area contributed by atoms with Crippen LogP contribution in [0.25, 0.3) is 11.2 Å². The first-order valence-electron chi connectivity index (χ1n) is 10.8. The van der Waals surface area contributed by atoms with Gasteiger partial charge in [0.15, 0.2) is 16.3 Å². The molecule has 1 aliphatic heterocycles. The first kappa shape index (κ1) is 22.1. The lowest BCUT2D eigenvalue weighted by molar-refractivity contribution is 0.377. The van der Waals surface area contributed by atoms with Crippen molar-refractivity contribution in [1.29, 1.82) is 0 Å². The molecule has 0 atom stereocenters. The van der Waals surface area contributed by atoms with E-state index >= 15 is 0 Å². The fourth-order valence-corrected chi connectivity index (χ4v) is 4.52. The van der Waals surface area contributed by atoms with E-state index in [0.29, 0.717) is 23.7 Å². The van der Waals surface area contributed by atoms with Crippen molar-refractivity contribution in [2.24, 2.45) is 14.1 Å². The largest absolute Gasteiger partial charge is 0.363 e. The molecule has 3 heterocycles. The maximum absolute atomic E-state index is 13.1. The van der Waals surface area contributed by atoms with Crippen LogP contribution in [-0.2, 0) is 20.6 Å². The SMILES string of the molecule is CCNC(=S)N1CCN(c2nc3c(c(=O)n(C)c(=O)n3C)n2Cc2cccc(C)c2)CC1. The minimum Gasteiger partial charge on any atom is -0.363 e. The maximum atomic E-state index is 13.1. The van der Waals surface area contributed by atoms with Gasteiger partial charge in [0.25, 0.3) is 5.56 Å². The highest BCUT2D eigenvalue weighted by atomic mass is 32.1. The van der Waals surface area contributed by atoms with E-state index in [2.05, 4.69) is 21.2 Å². The summed E-state index contributed by atoms with van der Waals surface area (Å²) in [6.07, 6.45) is 0. The van der Waals surface area contributed by atoms with E-state index in [1.165, 1.54) is 11.6 Å². The fourth-order valence-electron chi connectivity index (χ4n) is 4.19. The van der Waals surface area contributed by atoms with Crippen molar-refractivity contribution >= 4 is 34.4 Å². The van der Waals surface area contributed by atoms with E-state index in [0.717, 1.165) is 53.5 Å². The standard InChI is InChI=1S/C22H29N7O2S/c1-5-23-21(32)28-11-9-27(10-12-28)20-24-18-17(19(30)26(4)22(31)25(18)3)29(20)14-16-8-6-7-15(2)13-16/h6-8,13H,5,9-12,14H2,1-4H3,(H,23,32). The van der Waals surface area contributed by atoms with Gasteiger partial charge in [0.2, 0.25) is 5.95 Å². The smallest absolute Gasteiger partial charge is 0.332 e. The number of benzene rings is 1. The molecule has 32 heavy (non-hydrogen) atoms. The van der Waals surface area contributed by atoms with Crippen molar-refractivity contribution in [2.45, 2.75) is 20.4 Å². The van der Waals surface area contributed by atoms with Crippen LogP contribution in [0.3, 0.4) is 0 Å². The zero-order valence-corrected chi connectivity index (χ0v) is 19.8. The number of nitrogens with zero attached hydrogens (tertiary/aromatic N) is 6. The molecule has 1 aromatic carbocycles. The summed E-state index contributed by atoms with van der Waals surface area (Å²) in [5.41, 5.74) is 2.37. The van der Waals surface area contributed by atoms with Gasteiger partial charge in [-0.15, -0.1) is 0 Å². The molecule has 10 heteroatoms. The fraction of sp³-hybridized carbons (Fsp3) is 0.455. The van der Waals surface area contributed by atoms with Crippen LogP contribution >= 0.6 is 12.2 Å². The van der Waals surface area contributed by atoms with Crippen LogP contribution < -0.4 is 21.5 Å². The van der Waals surface area contributed by atoms with Crippen LogP contribution in [0.15, 0.2) is 33.9 Å². The lowest BCUT2D eigenvalue weighted by Gasteiger charge is -2.36. The zero-order valence-electron chi connectivity index (χ0n) is 19.0. The van der Waals surface area contributed by atoms with Gasteiger partial charge < -0.3 is 15.1 Å². The van der Waals surface area contributed by atoms with Gasteiger partial charge in [0.1, 0.15) is 0 Å². The zero-order chi connectivity index (χ0) is 23.0. The number of piperazine rings is 1. The lowest BCUT2D eigenvalue weighted by atomic mass is 10.1. The quantitative estimate of drug-likeness (QED) is 0.583. The summed E-state index contributed by atoms with van der Waals surface area (Å²) < 4.78 is 4.54. The molecule has 0 aliphatic carbocycles. The van der Waals surface area contributed by atoms with Gasteiger partial charge in [-0.2, -0.15) is 4.98 Å². The van der Waals surface area contributed by atoms with Gasteiger partial charge in [-0.05, 0) is 31.6 Å². The monoisotopic (exact) mass is 455 g/mol. The molecule has 9 nitrogen and oxygen atoms in total.